The molecule has 0 unspecified atom stereocenters. The van der Waals surface area contributed by atoms with E-state index in [0.717, 1.165) is 6.08 Å². The van der Waals surface area contributed by atoms with Gasteiger partial charge in [-0.15, -0.1) is 0 Å². The lowest BCUT2D eigenvalue weighted by Crippen LogP contribution is -2.20. The molecule has 2 aromatic rings. The molecular weight excluding hydrogens is 392 g/mol. The number of esters is 1. The molecule has 0 aromatic heterocycles. The Hall–Kier alpha value is -3.88. The van der Waals surface area contributed by atoms with E-state index in [2.05, 4.69) is 5.32 Å². The number of methoxy groups -OCH3 is 1. The Morgan fingerprint density at radius 3 is 2.57 bits per heavy atom. The number of hydrogen-bond acceptors (Lipinski definition) is 7. The molecule has 2 rings (SSSR count). The van der Waals surface area contributed by atoms with E-state index in [1.165, 1.54) is 31.4 Å². The van der Waals surface area contributed by atoms with Crippen LogP contribution in [0.15, 0.2) is 48.5 Å². The highest BCUT2D eigenvalue weighted by atomic mass is 16.6. The molecule has 0 aliphatic carbocycles. The summed E-state index contributed by atoms with van der Waals surface area (Å²) in [5.74, 6) is -0.334. The Balaban J connectivity index is 1.92. The number of nitrogens with zero attached hydrogens (tertiary/aromatic N) is 1. The Labute approximate surface area is 173 Å². The van der Waals surface area contributed by atoms with Crippen LogP contribution in [0.25, 0.3) is 6.08 Å². The molecule has 0 atom stereocenters. The van der Waals surface area contributed by atoms with Crippen molar-refractivity contribution < 1.29 is 28.7 Å². The van der Waals surface area contributed by atoms with Crippen LogP contribution in [0.1, 0.15) is 19.4 Å². The Morgan fingerprint density at radius 2 is 1.90 bits per heavy atom. The monoisotopic (exact) mass is 414 g/mol. The van der Waals surface area contributed by atoms with Crippen LogP contribution in [0.3, 0.4) is 0 Å². The van der Waals surface area contributed by atoms with Crippen LogP contribution in [-0.2, 0) is 14.3 Å². The second-order valence-electron chi connectivity index (χ2n) is 6.34. The number of rotatable bonds is 9. The fourth-order valence-corrected chi connectivity index (χ4v) is 2.41. The maximum atomic E-state index is 11.9. The summed E-state index contributed by atoms with van der Waals surface area (Å²) < 4.78 is 15.8. The second kappa shape index (κ2) is 10.6. The summed E-state index contributed by atoms with van der Waals surface area (Å²) >= 11 is 0. The van der Waals surface area contributed by atoms with Gasteiger partial charge in [-0.3, -0.25) is 14.9 Å². The molecule has 9 heteroatoms. The number of para-hydroxylation sites is 2. The first kappa shape index (κ1) is 22.4. The number of nitrogens with one attached hydrogen (secondary N) is 1. The molecule has 9 nitrogen and oxygen atoms in total. The van der Waals surface area contributed by atoms with Crippen LogP contribution in [0.4, 0.5) is 11.4 Å². The molecule has 0 heterocycles. The SMILES string of the molecule is COc1cc(/C=C/C(=O)OCC(=O)Nc2ccccc2[N+](=O)[O-])ccc1OC(C)C. The number of amides is 1. The molecule has 1 amide bonds. The molecule has 0 bridgehead atoms. The fourth-order valence-electron chi connectivity index (χ4n) is 2.41. The minimum atomic E-state index is -0.741. The summed E-state index contributed by atoms with van der Waals surface area (Å²) in [5.41, 5.74) is 0.440. The molecular formula is C21H22N2O7. The van der Waals surface area contributed by atoms with Gasteiger partial charge in [0.25, 0.3) is 11.6 Å². The van der Waals surface area contributed by atoms with Gasteiger partial charge in [0.15, 0.2) is 18.1 Å². The maximum absolute atomic E-state index is 11.9. The Bertz CT molecular complexity index is 954. The molecule has 0 saturated carbocycles. The van der Waals surface area contributed by atoms with Crippen molar-refractivity contribution in [1.82, 2.24) is 0 Å². The molecule has 158 valence electrons. The zero-order chi connectivity index (χ0) is 22.1. The zero-order valence-corrected chi connectivity index (χ0v) is 16.8. The molecule has 0 aliphatic heterocycles. The Morgan fingerprint density at radius 1 is 1.17 bits per heavy atom. The number of hydrogen-bond donors (Lipinski definition) is 1. The van der Waals surface area contributed by atoms with Gasteiger partial charge in [0.2, 0.25) is 0 Å². The van der Waals surface area contributed by atoms with Gasteiger partial charge in [-0.05, 0) is 43.7 Å². The van der Waals surface area contributed by atoms with E-state index in [1.54, 1.807) is 24.3 Å². The van der Waals surface area contributed by atoms with E-state index in [1.807, 2.05) is 13.8 Å². The number of benzene rings is 2. The van der Waals surface area contributed by atoms with Gasteiger partial charge in [0, 0.05) is 12.1 Å². The van der Waals surface area contributed by atoms with E-state index < -0.39 is 23.4 Å². The third kappa shape index (κ3) is 6.62. The van der Waals surface area contributed by atoms with Gasteiger partial charge >= 0.3 is 5.97 Å². The fraction of sp³-hybridized carbons (Fsp3) is 0.238. The summed E-state index contributed by atoms with van der Waals surface area (Å²) in [6, 6.07) is 10.8. The van der Waals surface area contributed by atoms with Crippen molar-refractivity contribution >= 4 is 29.3 Å². The van der Waals surface area contributed by atoms with E-state index in [9.17, 15) is 19.7 Å². The van der Waals surface area contributed by atoms with Gasteiger partial charge in [-0.25, -0.2) is 4.79 Å². The lowest BCUT2D eigenvalue weighted by molar-refractivity contribution is -0.383. The van der Waals surface area contributed by atoms with Crippen molar-refractivity contribution in [2.24, 2.45) is 0 Å². The van der Waals surface area contributed by atoms with Crippen molar-refractivity contribution in [3.63, 3.8) is 0 Å². The van der Waals surface area contributed by atoms with Crippen molar-refractivity contribution in [1.29, 1.82) is 0 Å². The van der Waals surface area contributed by atoms with Crippen LogP contribution < -0.4 is 14.8 Å². The molecule has 1 N–H and O–H groups in total. The third-order valence-corrected chi connectivity index (χ3v) is 3.68. The Kier molecular flexibility index (Phi) is 7.92. The van der Waals surface area contributed by atoms with E-state index >= 15 is 0 Å². The van der Waals surface area contributed by atoms with E-state index in [0.29, 0.717) is 17.1 Å². The summed E-state index contributed by atoms with van der Waals surface area (Å²) in [7, 11) is 1.51. The molecule has 30 heavy (non-hydrogen) atoms. The van der Waals surface area contributed by atoms with Crippen molar-refractivity contribution in [3.8, 4) is 11.5 Å². The summed E-state index contributed by atoms with van der Waals surface area (Å²) in [5, 5.41) is 13.3. The number of anilines is 1. The first-order chi connectivity index (χ1) is 14.3. The first-order valence-corrected chi connectivity index (χ1v) is 9.03. The predicted molar refractivity (Wildman–Crippen MR) is 110 cm³/mol. The quantitative estimate of drug-likeness (QED) is 0.288. The lowest BCUT2D eigenvalue weighted by Gasteiger charge is -2.13. The smallest absolute Gasteiger partial charge is 0.331 e. The largest absolute Gasteiger partial charge is 0.493 e. The van der Waals surface area contributed by atoms with E-state index in [4.69, 9.17) is 14.2 Å². The summed E-state index contributed by atoms with van der Waals surface area (Å²) in [6.45, 7) is 3.21. The van der Waals surface area contributed by atoms with Gasteiger partial charge in [0.05, 0.1) is 18.1 Å². The maximum Gasteiger partial charge on any atom is 0.331 e. The highest BCUT2D eigenvalue weighted by molar-refractivity contribution is 5.96. The van der Waals surface area contributed by atoms with Crippen LogP contribution in [0.2, 0.25) is 0 Å². The molecule has 0 spiro atoms. The molecule has 0 aliphatic rings. The third-order valence-electron chi connectivity index (χ3n) is 3.68. The average Bonchev–Trinajstić information content (AvgIpc) is 2.71. The molecule has 0 radical (unpaired) electrons. The van der Waals surface area contributed by atoms with Gasteiger partial charge in [-0.1, -0.05) is 18.2 Å². The minimum Gasteiger partial charge on any atom is -0.493 e. The van der Waals surface area contributed by atoms with Crippen molar-refractivity contribution in [3.05, 3.63) is 64.2 Å². The van der Waals surface area contributed by atoms with Crippen LogP contribution in [0.5, 0.6) is 11.5 Å². The highest BCUT2D eigenvalue weighted by Crippen LogP contribution is 2.29. The number of ether oxygens (including phenoxy) is 3. The first-order valence-electron chi connectivity index (χ1n) is 9.03. The second-order valence-corrected chi connectivity index (χ2v) is 6.34. The lowest BCUT2D eigenvalue weighted by atomic mass is 10.2. The summed E-state index contributed by atoms with van der Waals surface area (Å²) in [6.07, 6.45) is 2.65. The summed E-state index contributed by atoms with van der Waals surface area (Å²) in [4.78, 5) is 34.1. The minimum absolute atomic E-state index is 0.0151. The molecule has 0 fully saturated rings. The number of nitro groups is 1. The average molecular weight is 414 g/mol. The topological polar surface area (TPSA) is 117 Å². The van der Waals surface area contributed by atoms with Crippen molar-refractivity contribution in [2.45, 2.75) is 20.0 Å². The van der Waals surface area contributed by atoms with Gasteiger partial charge in [-0.2, -0.15) is 0 Å². The predicted octanol–water partition coefficient (Wildman–Crippen LogP) is 3.59. The van der Waals surface area contributed by atoms with Crippen LogP contribution >= 0.6 is 0 Å². The normalized spacial score (nSPS) is 10.7. The number of carbonyl (C=O) groups excluding carboxylic acids is 2. The van der Waals surface area contributed by atoms with Crippen LogP contribution in [0, 0.1) is 10.1 Å². The number of carbonyl (C=O) groups is 2. The highest BCUT2D eigenvalue weighted by Gasteiger charge is 2.15. The standard InChI is InChI=1S/C21H22N2O7/c1-14(2)30-18-10-8-15(12-19(18)28-3)9-11-21(25)29-13-20(24)22-16-6-4-5-7-17(16)23(26)27/h4-12,14H,13H2,1-3H3,(H,22,24)/b11-9+. The van der Waals surface area contributed by atoms with Crippen molar-refractivity contribution in [2.75, 3.05) is 19.0 Å². The molecule has 0 saturated heterocycles. The van der Waals surface area contributed by atoms with Crippen LogP contribution in [-0.4, -0.2) is 36.6 Å². The van der Waals surface area contributed by atoms with Gasteiger partial charge < -0.3 is 19.5 Å². The number of nitro benzene ring substituents is 1. The zero-order valence-electron chi connectivity index (χ0n) is 16.8. The van der Waals surface area contributed by atoms with Gasteiger partial charge in [0.1, 0.15) is 5.69 Å². The molecule has 2 aromatic carbocycles. The van der Waals surface area contributed by atoms with E-state index in [-0.39, 0.29) is 17.5 Å².